The highest BCUT2D eigenvalue weighted by molar-refractivity contribution is 5.83. The van der Waals surface area contributed by atoms with Gasteiger partial charge in [-0.15, -0.1) is 0 Å². The van der Waals surface area contributed by atoms with E-state index in [0.717, 1.165) is 25.7 Å². The largest absolute Gasteiger partial charge is 0.467 e. The van der Waals surface area contributed by atoms with Gasteiger partial charge in [0.25, 0.3) is 0 Å². The minimum Gasteiger partial charge on any atom is -0.467 e. The lowest BCUT2D eigenvalue weighted by molar-refractivity contribution is -0.141. The number of unbranched alkanes of at least 4 members (excludes halogenated alkanes) is 4. The van der Waals surface area contributed by atoms with Crippen LogP contribution in [0.4, 0.5) is 4.79 Å². The van der Waals surface area contributed by atoms with Crippen molar-refractivity contribution in [2.75, 3.05) is 14.2 Å². The van der Waals surface area contributed by atoms with Gasteiger partial charge in [-0.25, -0.2) is 9.59 Å². The SMILES string of the molecule is CCCCCCCC(/C=C/[C@H](NC(=O)Oc1ccccc1)C(=O)OC)(CCC)NC. The molecule has 1 amide bonds. The first kappa shape index (κ1) is 25.7. The van der Waals surface area contributed by atoms with E-state index >= 15 is 0 Å². The van der Waals surface area contributed by atoms with E-state index < -0.39 is 18.1 Å². The minimum absolute atomic E-state index is 0.224. The van der Waals surface area contributed by atoms with Crippen molar-refractivity contribution in [3.8, 4) is 5.75 Å². The fraction of sp³-hybridized carbons (Fsp3) is 0.583. The van der Waals surface area contributed by atoms with E-state index in [1.54, 1.807) is 30.3 Å². The van der Waals surface area contributed by atoms with Crippen LogP contribution in [0.3, 0.4) is 0 Å². The Morgan fingerprint density at radius 3 is 2.33 bits per heavy atom. The number of benzene rings is 1. The molecule has 1 aromatic rings. The zero-order valence-electron chi connectivity index (χ0n) is 18.9. The third kappa shape index (κ3) is 9.44. The standard InChI is InChI=1S/C24H38N2O4/c1-5-7-8-9-13-18-24(25-3,17-6-2)19-16-21(22(27)29-4)26-23(28)30-20-14-11-10-12-15-20/h10-12,14-16,19,21,25H,5-9,13,17-18H2,1-4H3,(H,26,28)/b19-16+/t21-,24?/m0/s1. The molecule has 2 N–H and O–H groups in total. The Balaban J connectivity index is 2.83. The molecule has 0 radical (unpaired) electrons. The van der Waals surface area contributed by atoms with Crippen LogP contribution in [0.2, 0.25) is 0 Å². The van der Waals surface area contributed by atoms with E-state index in [1.165, 1.54) is 32.8 Å². The second-order valence-electron chi connectivity index (χ2n) is 7.53. The van der Waals surface area contributed by atoms with Gasteiger partial charge in [0.2, 0.25) is 0 Å². The van der Waals surface area contributed by atoms with Gasteiger partial charge in [-0.2, -0.15) is 0 Å². The number of esters is 1. The highest BCUT2D eigenvalue weighted by atomic mass is 16.6. The highest BCUT2D eigenvalue weighted by Gasteiger charge is 2.26. The molecule has 2 atom stereocenters. The second-order valence-corrected chi connectivity index (χ2v) is 7.53. The smallest absolute Gasteiger partial charge is 0.413 e. The average molecular weight is 419 g/mol. The van der Waals surface area contributed by atoms with Gasteiger partial charge in [0.05, 0.1) is 7.11 Å². The number of amides is 1. The van der Waals surface area contributed by atoms with Crippen LogP contribution in [0.15, 0.2) is 42.5 Å². The van der Waals surface area contributed by atoms with Crippen molar-refractivity contribution < 1.29 is 19.1 Å². The molecule has 30 heavy (non-hydrogen) atoms. The predicted molar refractivity (Wildman–Crippen MR) is 121 cm³/mol. The molecular weight excluding hydrogens is 380 g/mol. The lowest BCUT2D eigenvalue weighted by Crippen LogP contribution is -2.44. The number of likely N-dealkylation sites (N-methyl/N-ethyl adjacent to an activating group) is 1. The van der Waals surface area contributed by atoms with Gasteiger partial charge < -0.3 is 20.1 Å². The minimum atomic E-state index is -0.920. The Labute approximate surface area is 181 Å². The fourth-order valence-corrected chi connectivity index (χ4v) is 3.46. The molecule has 0 aliphatic rings. The molecule has 0 aromatic heterocycles. The van der Waals surface area contributed by atoms with Crippen molar-refractivity contribution >= 4 is 12.1 Å². The third-order valence-corrected chi connectivity index (χ3v) is 5.21. The number of methoxy groups -OCH3 is 1. The second kappa shape index (κ2) is 14.6. The van der Waals surface area contributed by atoms with Crippen molar-refractivity contribution in [3.05, 3.63) is 42.5 Å². The molecule has 0 spiro atoms. The van der Waals surface area contributed by atoms with E-state index in [1.807, 2.05) is 19.2 Å². The normalized spacial score (nSPS) is 14.1. The number of carbonyl (C=O) groups is 2. The monoisotopic (exact) mass is 418 g/mol. The summed E-state index contributed by atoms with van der Waals surface area (Å²) in [5.41, 5.74) is -0.224. The number of nitrogens with one attached hydrogen (secondary N) is 2. The molecule has 1 aromatic carbocycles. The Kier molecular flexibility index (Phi) is 12.5. The van der Waals surface area contributed by atoms with Crippen LogP contribution in [0, 0.1) is 0 Å². The topological polar surface area (TPSA) is 76.7 Å². The maximum absolute atomic E-state index is 12.2. The summed E-state index contributed by atoms with van der Waals surface area (Å²) in [6.07, 6.45) is 11.9. The maximum atomic E-state index is 12.2. The van der Waals surface area contributed by atoms with Crippen molar-refractivity contribution in [2.24, 2.45) is 0 Å². The summed E-state index contributed by atoms with van der Waals surface area (Å²) in [5.74, 6) is -0.133. The number of para-hydroxylation sites is 1. The van der Waals surface area contributed by atoms with Gasteiger partial charge in [0, 0.05) is 5.54 Å². The van der Waals surface area contributed by atoms with Crippen LogP contribution >= 0.6 is 0 Å². The van der Waals surface area contributed by atoms with Crippen LogP contribution < -0.4 is 15.4 Å². The maximum Gasteiger partial charge on any atom is 0.413 e. The van der Waals surface area contributed by atoms with Gasteiger partial charge >= 0.3 is 12.1 Å². The van der Waals surface area contributed by atoms with Crippen LogP contribution in [-0.4, -0.2) is 37.8 Å². The molecule has 168 valence electrons. The van der Waals surface area contributed by atoms with E-state index in [4.69, 9.17) is 9.47 Å². The van der Waals surface area contributed by atoms with Gasteiger partial charge in [-0.3, -0.25) is 0 Å². The van der Waals surface area contributed by atoms with E-state index in [-0.39, 0.29) is 5.54 Å². The van der Waals surface area contributed by atoms with Gasteiger partial charge in [-0.05, 0) is 32.0 Å². The third-order valence-electron chi connectivity index (χ3n) is 5.21. The molecule has 0 fully saturated rings. The lowest BCUT2D eigenvalue weighted by atomic mass is 9.86. The Morgan fingerprint density at radius 2 is 1.73 bits per heavy atom. The molecule has 1 unspecified atom stereocenters. The van der Waals surface area contributed by atoms with Crippen LogP contribution in [0.25, 0.3) is 0 Å². The molecule has 0 saturated carbocycles. The molecule has 0 aliphatic carbocycles. The molecule has 6 heteroatoms. The first-order valence-corrected chi connectivity index (χ1v) is 11.0. The summed E-state index contributed by atoms with van der Waals surface area (Å²) in [7, 11) is 3.24. The number of hydrogen-bond donors (Lipinski definition) is 2. The Hall–Kier alpha value is -2.34. The van der Waals surface area contributed by atoms with E-state index in [2.05, 4.69) is 24.5 Å². The fourth-order valence-electron chi connectivity index (χ4n) is 3.46. The van der Waals surface area contributed by atoms with Gasteiger partial charge in [0.15, 0.2) is 0 Å². The van der Waals surface area contributed by atoms with Crippen LogP contribution in [0.5, 0.6) is 5.75 Å². The molecule has 0 heterocycles. The molecule has 0 bridgehead atoms. The number of rotatable bonds is 14. The lowest BCUT2D eigenvalue weighted by Gasteiger charge is -2.31. The zero-order valence-corrected chi connectivity index (χ0v) is 18.9. The summed E-state index contributed by atoms with van der Waals surface area (Å²) < 4.78 is 10.1. The number of carbonyl (C=O) groups excluding carboxylic acids is 2. The summed E-state index contributed by atoms with van der Waals surface area (Å²) in [5, 5.41) is 6.02. The van der Waals surface area contributed by atoms with Crippen LogP contribution in [0.1, 0.15) is 65.2 Å². The first-order valence-electron chi connectivity index (χ1n) is 11.0. The quantitative estimate of drug-likeness (QED) is 0.253. The number of ether oxygens (including phenoxy) is 2. The van der Waals surface area contributed by atoms with Gasteiger partial charge in [0.1, 0.15) is 11.8 Å². The Morgan fingerprint density at radius 1 is 1.03 bits per heavy atom. The van der Waals surface area contributed by atoms with E-state index in [0.29, 0.717) is 5.75 Å². The molecule has 6 nitrogen and oxygen atoms in total. The zero-order chi connectivity index (χ0) is 22.2. The molecule has 1 rings (SSSR count). The van der Waals surface area contributed by atoms with E-state index in [9.17, 15) is 9.59 Å². The van der Waals surface area contributed by atoms with Crippen molar-refractivity contribution in [3.63, 3.8) is 0 Å². The molecule has 0 saturated heterocycles. The highest BCUT2D eigenvalue weighted by Crippen LogP contribution is 2.23. The predicted octanol–water partition coefficient (Wildman–Crippen LogP) is 4.99. The summed E-state index contributed by atoms with van der Waals surface area (Å²) in [6, 6.07) is 7.80. The summed E-state index contributed by atoms with van der Waals surface area (Å²) in [6.45, 7) is 4.35. The molecular formula is C24H38N2O4. The van der Waals surface area contributed by atoms with Gasteiger partial charge in [-0.1, -0.05) is 82.7 Å². The van der Waals surface area contributed by atoms with Crippen molar-refractivity contribution in [2.45, 2.75) is 76.8 Å². The number of hydrogen-bond acceptors (Lipinski definition) is 5. The molecule has 0 aliphatic heterocycles. The average Bonchev–Trinajstić information content (AvgIpc) is 2.76. The first-order chi connectivity index (χ1) is 14.5. The summed E-state index contributed by atoms with van der Waals surface area (Å²) >= 11 is 0. The van der Waals surface area contributed by atoms with Crippen molar-refractivity contribution in [1.82, 2.24) is 10.6 Å². The Bertz CT molecular complexity index is 648. The van der Waals surface area contributed by atoms with Crippen molar-refractivity contribution in [1.29, 1.82) is 0 Å². The van der Waals surface area contributed by atoms with Crippen LogP contribution in [-0.2, 0) is 9.53 Å². The summed E-state index contributed by atoms with van der Waals surface area (Å²) in [4.78, 5) is 24.5.